The SMILES string of the molecule is O=C(Cc1ccccc1[N+](=O)[O-])c1ccccn1. The van der Waals surface area contributed by atoms with Crippen molar-refractivity contribution in [2.45, 2.75) is 6.42 Å². The van der Waals surface area contributed by atoms with Gasteiger partial charge in [0.1, 0.15) is 5.69 Å². The van der Waals surface area contributed by atoms with Crippen LogP contribution in [0.25, 0.3) is 0 Å². The lowest BCUT2D eigenvalue weighted by Gasteiger charge is -2.01. The Morgan fingerprint density at radius 2 is 1.89 bits per heavy atom. The lowest BCUT2D eigenvalue weighted by Crippen LogP contribution is -2.07. The summed E-state index contributed by atoms with van der Waals surface area (Å²) < 4.78 is 0. The molecular formula is C13H10N2O3. The number of benzene rings is 1. The fourth-order valence-corrected chi connectivity index (χ4v) is 1.63. The number of carbonyl (C=O) groups is 1. The molecule has 2 aromatic rings. The van der Waals surface area contributed by atoms with Crippen LogP contribution in [-0.4, -0.2) is 15.7 Å². The molecule has 0 aliphatic heterocycles. The van der Waals surface area contributed by atoms with E-state index in [1.807, 2.05) is 0 Å². The van der Waals surface area contributed by atoms with E-state index in [1.54, 1.807) is 36.4 Å². The highest BCUT2D eigenvalue weighted by molar-refractivity contribution is 5.96. The van der Waals surface area contributed by atoms with E-state index in [2.05, 4.69) is 4.98 Å². The zero-order valence-electron chi connectivity index (χ0n) is 9.45. The monoisotopic (exact) mass is 242 g/mol. The number of hydrogen-bond donors (Lipinski definition) is 0. The molecule has 18 heavy (non-hydrogen) atoms. The first-order chi connectivity index (χ1) is 8.68. The van der Waals surface area contributed by atoms with Crippen LogP contribution < -0.4 is 0 Å². The van der Waals surface area contributed by atoms with Gasteiger partial charge in [-0.25, -0.2) is 0 Å². The lowest BCUT2D eigenvalue weighted by molar-refractivity contribution is -0.385. The maximum absolute atomic E-state index is 11.9. The molecule has 1 aromatic heterocycles. The fourth-order valence-electron chi connectivity index (χ4n) is 1.63. The van der Waals surface area contributed by atoms with E-state index in [9.17, 15) is 14.9 Å². The van der Waals surface area contributed by atoms with E-state index < -0.39 is 4.92 Å². The molecule has 0 radical (unpaired) electrons. The van der Waals surface area contributed by atoms with Gasteiger partial charge in [-0.15, -0.1) is 0 Å². The molecule has 5 heteroatoms. The van der Waals surface area contributed by atoms with Crippen LogP contribution in [-0.2, 0) is 6.42 Å². The highest BCUT2D eigenvalue weighted by Gasteiger charge is 2.16. The fraction of sp³-hybridized carbons (Fsp3) is 0.0769. The van der Waals surface area contributed by atoms with E-state index in [1.165, 1.54) is 12.3 Å². The molecule has 90 valence electrons. The van der Waals surface area contributed by atoms with Crippen molar-refractivity contribution in [1.29, 1.82) is 0 Å². The van der Waals surface area contributed by atoms with Crippen molar-refractivity contribution < 1.29 is 9.72 Å². The van der Waals surface area contributed by atoms with Crippen molar-refractivity contribution in [2.24, 2.45) is 0 Å². The Labute approximate surface area is 103 Å². The molecule has 0 N–H and O–H groups in total. The molecule has 0 bridgehead atoms. The minimum absolute atomic E-state index is 0.0197. The van der Waals surface area contributed by atoms with Gasteiger partial charge in [0.15, 0.2) is 5.78 Å². The summed E-state index contributed by atoms with van der Waals surface area (Å²) >= 11 is 0. The molecule has 1 aromatic carbocycles. The minimum atomic E-state index is -0.485. The van der Waals surface area contributed by atoms with Crippen molar-refractivity contribution >= 4 is 11.5 Å². The standard InChI is InChI=1S/C13H10N2O3/c16-13(11-6-3-4-8-14-11)9-10-5-1-2-7-12(10)15(17)18/h1-8H,9H2. The molecule has 0 spiro atoms. The average molecular weight is 242 g/mol. The number of nitro groups is 1. The summed E-state index contributed by atoms with van der Waals surface area (Å²) in [7, 11) is 0. The van der Waals surface area contributed by atoms with Crippen molar-refractivity contribution in [3.05, 3.63) is 70.0 Å². The molecule has 0 fully saturated rings. The van der Waals surface area contributed by atoms with Gasteiger partial charge in [0, 0.05) is 24.2 Å². The second-order valence-corrected chi connectivity index (χ2v) is 3.70. The van der Waals surface area contributed by atoms with Gasteiger partial charge in [0.05, 0.1) is 4.92 Å². The Kier molecular flexibility index (Phi) is 3.43. The molecule has 0 aliphatic rings. The van der Waals surface area contributed by atoms with Crippen LogP contribution in [0.4, 0.5) is 5.69 Å². The summed E-state index contributed by atoms with van der Waals surface area (Å²) in [5, 5.41) is 10.8. The predicted molar refractivity (Wildman–Crippen MR) is 65.4 cm³/mol. The van der Waals surface area contributed by atoms with Crippen molar-refractivity contribution in [1.82, 2.24) is 4.98 Å². The number of nitro benzene ring substituents is 1. The lowest BCUT2D eigenvalue weighted by atomic mass is 10.0. The Morgan fingerprint density at radius 3 is 2.56 bits per heavy atom. The third-order valence-electron chi connectivity index (χ3n) is 2.49. The summed E-state index contributed by atoms with van der Waals surface area (Å²) in [6, 6.07) is 11.2. The van der Waals surface area contributed by atoms with Crippen LogP contribution in [0.2, 0.25) is 0 Å². The zero-order chi connectivity index (χ0) is 13.0. The zero-order valence-corrected chi connectivity index (χ0v) is 9.45. The van der Waals surface area contributed by atoms with Crippen LogP contribution in [0, 0.1) is 10.1 Å². The second-order valence-electron chi connectivity index (χ2n) is 3.70. The molecule has 0 atom stereocenters. The van der Waals surface area contributed by atoms with Crippen LogP contribution in [0.3, 0.4) is 0 Å². The van der Waals surface area contributed by atoms with Gasteiger partial charge >= 0.3 is 0 Å². The number of rotatable bonds is 4. The number of pyridine rings is 1. The number of para-hydroxylation sites is 1. The average Bonchev–Trinajstić information content (AvgIpc) is 2.40. The van der Waals surface area contributed by atoms with Crippen molar-refractivity contribution in [3.63, 3.8) is 0 Å². The summed E-state index contributed by atoms with van der Waals surface area (Å²) in [6.45, 7) is 0. The summed E-state index contributed by atoms with van der Waals surface area (Å²) in [5.41, 5.74) is 0.676. The molecule has 0 saturated carbocycles. The van der Waals surface area contributed by atoms with Crippen LogP contribution in [0.15, 0.2) is 48.7 Å². The first-order valence-corrected chi connectivity index (χ1v) is 5.35. The highest BCUT2D eigenvalue weighted by Crippen LogP contribution is 2.19. The van der Waals surface area contributed by atoms with Gasteiger partial charge in [-0.2, -0.15) is 0 Å². The number of Topliss-reactive ketones (excluding diaryl/α,β-unsaturated/α-hetero) is 1. The first kappa shape index (κ1) is 11.9. The Balaban J connectivity index is 2.25. The third-order valence-corrected chi connectivity index (χ3v) is 2.49. The molecule has 0 unspecified atom stereocenters. The van der Waals surface area contributed by atoms with Gasteiger partial charge in [-0.1, -0.05) is 24.3 Å². The largest absolute Gasteiger partial charge is 0.292 e. The quantitative estimate of drug-likeness (QED) is 0.469. The highest BCUT2D eigenvalue weighted by atomic mass is 16.6. The number of hydrogen-bond acceptors (Lipinski definition) is 4. The minimum Gasteiger partial charge on any atom is -0.292 e. The second kappa shape index (κ2) is 5.18. The Morgan fingerprint density at radius 1 is 1.17 bits per heavy atom. The molecule has 0 saturated heterocycles. The molecular weight excluding hydrogens is 232 g/mol. The van der Waals surface area contributed by atoms with Crippen LogP contribution in [0.5, 0.6) is 0 Å². The number of carbonyl (C=O) groups excluding carboxylic acids is 1. The van der Waals surface area contributed by atoms with Crippen LogP contribution in [0.1, 0.15) is 16.1 Å². The van der Waals surface area contributed by atoms with Gasteiger partial charge in [0.2, 0.25) is 0 Å². The first-order valence-electron chi connectivity index (χ1n) is 5.35. The summed E-state index contributed by atoms with van der Waals surface area (Å²) in [4.78, 5) is 26.2. The van der Waals surface area contributed by atoms with E-state index in [0.717, 1.165) is 0 Å². The molecule has 1 heterocycles. The smallest absolute Gasteiger partial charge is 0.273 e. The molecule has 0 aliphatic carbocycles. The molecule has 2 rings (SSSR count). The van der Waals surface area contributed by atoms with E-state index in [4.69, 9.17) is 0 Å². The van der Waals surface area contributed by atoms with Crippen molar-refractivity contribution in [2.75, 3.05) is 0 Å². The summed E-state index contributed by atoms with van der Waals surface area (Å²) in [6.07, 6.45) is 1.50. The van der Waals surface area contributed by atoms with Gasteiger partial charge in [-0.05, 0) is 12.1 Å². The van der Waals surface area contributed by atoms with E-state index >= 15 is 0 Å². The van der Waals surface area contributed by atoms with Crippen LogP contribution >= 0.6 is 0 Å². The van der Waals surface area contributed by atoms with E-state index in [-0.39, 0.29) is 17.9 Å². The van der Waals surface area contributed by atoms with Gasteiger partial charge in [0.25, 0.3) is 5.69 Å². The number of nitrogens with zero attached hydrogens (tertiary/aromatic N) is 2. The molecule has 5 nitrogen and oxygen atoms in total. The maximum atomic E-state index is 11.9. The number of ketones is 1. The summed E-state index contributed by atoms with van der Waals surface area (Å²) in [5.74, 6) is -0.232. The van der Waals surface area contributed by atoms with Gasteiger partial charge < -0.3 is 0 Å². The predicted octanol–water partition coefficient (Wildman–Crippen LogP) is 2.42. The van der Waals surface area contributed by atoms with Gasteiger partial charge in [-0.3, -0.25) is 19.9 Å². The Hall–Kier alpha value is -2.56. The Bertz CT molecular complexity index is 582. The maximum Gasteiger partial charge on any atom is 0.273 e. The topological polar surface area (TPSA) is 73.1 Å². The normalized spacial score (nSPS) is 10.0. The number of aromatic nitrogens is 1. The molecule has 0 amide bonds. The third kappa shape index (κ3) is 2.57. The van der Waals surface area contributed by atoms with Crippen molar-refractivity contribution in [3.8, 4) is 0 Å². The van der Waals surface area contributed by atoms with E-state index in [0.29, 0.717) is 11.3 Å².